The van der Waals surface area contributed by atoms with Gasteiger partial charge in [0.2, 0.25) is 0 Å². The first kappa shape index (κ1) is 17.6. The zero-order valence-electron chi connectivity index (χ0n) is 15.0. The number of aromatic nitrogens is 3. The number of hydrogen-bond donors (Lipinski definition) is 1. The molecule has 134 valence electrons. The maximum atomic E-state index is 12.0. The van der Waals surface area contributed by atoms with Crippen LogP contribution in [0.2, 0.25) is 0 Å². The van der Waals surface area contributed by atoms with Crippen LogP contribution in [0.1, 0.15) is 19.4 Å². The number of hydrazone groups is 1. The lowest BCUT2D eigenvalue weighted by Crippen LogP contribution is -2.24. The van der Waals surface area contributed by atoms with E-state index >= 15 is 0 Å². The van der Waals surface area contributed by atoms with E-state index in [4.69, 9.17) is 0 Å². The van der Waals surface area contributed by atoms with E-state index in [1.54, 1.807) is 6.21 Å². The molecule has 1 N–H and O–H groups in total. The van der Waals surface area contributed by atoms with Crippen molar-refractivity contribution in [1.29, 1.82) is 0 Å². The van der Waals surface area contributed by atoms with Crippen molar-refractivity contribution < 1.29 is 4.79 Å². The molecule has 1 heterocycles. The van der Waals surface area contributed by atoms with Gasteiger partial charge in [0, 0.05) is 18.8 Å². The molecule has 0 bridgehead atoms. The SMILES string of the molecule is CCN(CC)c1ccc(/C=N/NC(=O)Cn2nc3ccccc3n2)cc1. The van der Waals surface area contributed by atoms with Crippen LogP contribution in [0.25, 0.3) is 11.0 Å². The van der Waals surface area contributed by atoms with Gasteiger partial charge in [0.25, 0.3) is 5.91 Å². The summed E-state index contributed by atoms with van der Waals surface area (Å²) in [6, 6.07) is 15.5. The van der Waals surface area contributed by atoms with Crippen molar-refractivity contribution in [3.63, 3.8) is 0 Å². The molecule has 0 unspecified atom stereocenters. The normalized spacial score (nSPS) is 11.2. The average molecular weight is 350 g/mol. The lowest BCUT2D eigenvalue weighted by Gasteiger charge is -2.20. The summed E-state index contributed by atoms with van der Waals surface area (Å²) < 4.78 is 0. The molecule has 0 radical (unpaired) electrons. The van der Waals surface area contributed by atoms with E-state index in [0.29, 0.717) is 0 Å². The van der Waals surface area contributed by atoms with Crippen LogP contribution in [0, 0.1) is 0 Å². The van der Waals surface area contributed by atoms with Gasteiger partial charge in [-0.1, -0.05) is 24.3 Å². The minimum absolute atomic E-state index is 0.0208. The van der Waals surface area contributed by atoms with Crippen LogP contribution >= 0.6 is 0 Å². The molecular formula is C19H22N6O. The Bertz CT molecular complexity index is 863. The van der Waals surface area contributed by atoms with Gasteiger partial charge >= 0.3 is 0 Å². The van der Waals surface area contributed by atoms with E-state index in [0.717, 1.165) is 29.7 Å². The molecule has 0 saturated carbocycles. The Hall–Kier alpha value is -3.22. The van der Waals surface area contributed by atoms with Gasteiger partial charge in [-0.3, -0.25) is 4.79 Å². The quantitative estimate of drug-likeness (QED) is 0.524. The van der Waals surface area contributed by atoms with Crippen LogP contribution in [0.15, 0.2) is 53.6 Å². The summed E-state index contributed by atoms with van der Waals surface area (Å²) in [5.41, 5.74) is 6.12. The average Bonchev–Trinajstić information content (AvgIpc) is 3.06. The summed E-state index contributed by atoms with van der Waals surface area (Å²) in [6.07, 6.45) is 1.62. The number of rotatable bonds is 7. The van der Waals surface area contributed by atoms with Gasteiger partial charge in [0.15, 0.2) is 0 Å². The monoisotopic (exact) mass is 350 g/mol. The third-order valence-electron chi connectivity index (χ3n) is 4.04. The number of carbonyl (C=O) groups excluding carboxylic acids is 1. The van der Waals surface area contributed by atoms with Crippen LogP contribution < -0.4 is 10.3 Å². The molecule has 0 aliphatic heterocycles. The van der Waals surface area contributed by atoms with Crippen molar-refractivity contribution >= 4 is 28.8 Å². The number of amides is 1. The van der Waals surface area contributed by atoms with E-state index in [2.05, 4.69) is 51.6 Å². The van der Waals surface area contributed by atoms with Gasteiger partial charge in [-0.2, -0.15) is 20.1 Å². The molecule has 0 aliphatic carbocycles. The second kappa shape index (κ2) is 8.24. The Morgan fingerprint density at radius 3 is 2.27 bits per heavy atom. The standard InChI is InChI=1S/C19H22N6O/c1-3-24(4-2)16-11-9-15(10-12-16)13-20-21-19(26)14-25-22-17-7-5-6-8-18(17)23-25/h5-13H,3-4,14H2,1-2H3,(H,21,26)/b20-13+. The Labute approximate surface area is 152 Å². The van der Waals surface area contributed by atoms with Crippen LogP contribution in [0.3, 0.4) is 0 Å². The Kier molecular flexibility index (Phi) is 5.58. The maximum Gasteiger partial charge on any atom is 0.263 e. The highest BCUT2D eigenvalue weighted by Crippen LogP contribution is 2.14. The van der Waals surface area contributed by atoms with Crippen molar-refractivity contribution in [3.8, 4) is 0 Å². The number of carbonyl (C=O) groups is 1. The van der Waals surface area contributed by atoms with Crippen LogP contribution in [0.4, 0.5) is 5.69 Å². The molecule has 0 atom stereocenters. The number of anilines is 1. The van der Waals surface area contributed by atoms with Gasteiger partial charge in [-0.25, -0.2) is 5.43 Å². The van der Waals surface area contributed by atoms with Gasteiger partial charge in [0.05, 0.1) is 6.21 Å². The Morgan fingerprint density at radius 2 is 1.69 bits per heavy atom. The van der Waals surface area contributed by atoms with Crippen LogP contribution in [0.5, 0.6) is 0 Å². The molecule has 7 heteroatoms. The number of fused-ring (bicyclic) bond motifs is 1. The fourth-order valence-electron chi connectivity index (χ4n) is 2.68. The largest absolute Gasteiger partial charge is 0.372 e. The van der Waals surface area contributed by atoms with E-state index in [9.17, 15) is 4.79 Å². The van der Waals surface area contributed by atoms with E-state index in [1.807, 2.05) is 36.4 Å². The van der Waals surface area contributed by atoms with E-state index in [1.165, 1.54) is 10.5 Å². The van der Waals surface area contributed by atoms with Gasteiger partial charge in [-0.05, 0) is 43.7 Å². The van der Waals surface area contributed by atoms with Crippen molar-refractivity contribution in [1.82, 2.24) is 20.4 Å². The predicted octanol–water partition coefficient (Wildman–Crippen LogP) is 2.43. The Morgan fingerprint density at radius 1 is 1.08 bits per heavy atom. The third-order valence-corrected chi connectivity index (χ3v) is 4.04. The van der Waals surface area contributed by atoms with Gasteiger partial charge < -0.3 is 4.90 Å². The second-order valence-electron chi connectivity index (χ2n) is 5.78. The minimum Gasteiger partial charge on any atom is -0.372 e. The van der Waals surface area contributed by atoms with Crippen molar-refractivity contribution in [2.45, 2.75) is 20.4 Å². The zero-order valence-corrected chi connectivity index (χ0v) is 15.0. The first-order chi connectivity index (χ1) is 12.7. The summed E-state index contributed by atoms with van der Waals surface area (Å²) in [5, 5.41) is 12.5. The number of nitrogens with one attached hydrogen (secondary N) is 1. The van der Waals surface area contributed by atoms with Crippen LogP contribution in [-0.4, -0.2) is 40.2 Å². The molecule has 3 rings (SSSR count). The number of benzene rings is 2. The van der Waals surface area contributed by atoms with Crippen molar-refractivity contribution in [2.75, 3.05) is 18.0 Å². The molecule has 7 nitrogen and oxygen atoms in total. The smallest absolute Gasteiger partial charge is 0.263 e. The number of nitrogens with zero attached hydrogens (tertiary/aromatic N) is 5. The second-order valence-corrected chi connectivity index (χ2v) is 5.78. The fraction of sp³-hybridized carbons (Fsp3) is 0.263. The molecule has 2 aromatic carbocycles. The molecule has 1 amide bonds. The first-order valence-corrected chi connectivity index (χ1v) is 8.66. The molecule has 3 aromatic rings. The number of hydrogen-bond acceptors (Lipinski definition) is 5. The minimum atomic E-state index is -0.277. The lowest BCUT2D eigenvalue weighted by atomic mass is 10.2. The Balaban J connectivity index is 1.55. The highest BCUT2D eigenvalue weighted by Gasteiger charge is 2.06. The highest BCUT2D eigenvalue weighted by atomic mass is 16.2. The fourth-order valence-corrected chi connectivity index (χ4v) is 2.68. The van der Waals surface area contributed by atoms with Crippen molar-refractivity contribution in [3.05, 3.63) is 54.1 Å². The molecule has 0 saturated heterocycles. The van der Waals surface area contributed by atoms with Gasteiger partial charge in [0.1, 0.15) is 17.6 Å². The maximum absolute atomic E-state index is 12.0. The molecule has 0 aliphatic rings. The van der Waals surface area contributed by atoms with Gasteiger partial charge in [-0.15, -0.1) is 0 Å². The third kappa shape index (κ3) is 4.24. The summed E-state index contributed by atoms with van der Waals surface area (Å²) in [6.45, 7) is 6.22. The molecule has 0 fully saturated rings. The first-order valence-electron chi connectivity index (χ1n) is 8.66. The molecule has 0 spiro atoms. The highest BCUT2D eigenvalue weighted by molar-refractivity contribution is 5.83. The summed E-state index contributed by atoms with van der Waals surface area (Å²) in [4.78, 5) is 15.6. The van der Waals surface area contributed by atoms with E-state index in [-0.39, 0.29) is 12.5 Å². The predicted molar refractivity (Wildman–Crippen MR) is 103 cm³/mol. The molecule has 26 heavy (non-hydrogen) atoms. The zero-order chi connectivity index (χ0) is 18.4. The molecule has 1 aromatic heterocycles. The molecular weight excluding hydrogens is 328 g/mol. The van der Waals surface area contributed by atoms with Crippen molar-refractivity contribution in [2.24, 2.45) is 5.10 Å². The topological polar surface area (TPSA) is 75.4 Å². The lowest BCUT2D eigenvalue weighted by molar-refractivity contribution is -0.122. The summed E-state index contributed by atoms with van der Waals surface area (Å²) in [7, 11) is 0. The van der Waals surface area contributed by atoms with Crippen LogP contribution in [-0.2, 0) is 11.3 Å². The van der Waals surface area contributed by atoms with E-state index < -0.39 is 0 Å². The summed E-state index contributed by atoms with van der Waals surface area (Å²) >= 11 is 0. The summed E-state index contributed by atoms with van der Waals surface area (Å²) in [5.74, 6) is -0.277.